The van der Waals surface area contributed by atoms with Crippen molar-refractivity contribution < 1.29 is 9.53 Å². The van der Waals surface area contributed by atoms with Crippen LogP contribution in [0.25, 0.3) is 10.7 Å². The summed E-state index contributed by atoms with van der Waals surface area (Å²) >= 11 is 1.54. The molecule has 0 unspecified atom stereocenters. The molecule has 120 valence electrons. The topological polar surface area (TPSA) is 55.3 Å². The van der Waals surface area contributed by atoms with Crippen molar-refractivity contribution in [2.45, 2.75) is 37.8 Å². The molecule has 4 rings (SSSR count). The van der Waals surface area contributed by atoms with E-state index in [4.69, 9.17) is 4.74 Å². The third kappa shape index (κ3) is 3.01. The first kappa shape index (κ1) is 14.8. The second-order valence-corrected chi connectivity index (χ2v) is 6.89. The predicted octanol–water partition coefficient (Wildman–Crippen LogP) is 2.53. The number of fused-ring (bicyclic) bond motifs is 1. The minimum atomic E-state index is 0.170. The van der Waals surface area contributed by atoms with Gasteiger partial charge in [0.1, 0.15) is 5.01 Å². The number of thiazole rings is 1. The van der Waals surface area contributed by atoms with Crippen LogP contribution in [0.5, 0.6) is 0 Å². The Hall–Kier alpha value is -1.79. The number of aromatic nitrogens is 2. The SMILES string of the molecule is O=C(Cc1csc(-c2ccccn2)n1)N1CCO[C@H]2CCC[C@H]21. The largest absolute Gasteiger partial charge is 0.374 e. The van der Waals surface area contributed by atoms with Gasteiger partial charge < -0.3 is 9.64 Å². The number of rotatable bonds is 3. The van der Waals surface area contributed by atoms with Gasteiger partial charge in [0.15, 0.2) is 0 Å². The van der Waals surface area contributed by atoms with Gasteiger partial charge in [-0.15, -0.1) is 11.3 Å². The quantitative estimate of drug-likeness (QED) is 0.868. The Bertz CT molecular complexity index is 688. The van der Waals surface area contributed by atoms with E-state index in [1.807, 2.05) is 28.5 Å². The molecule has 0 aromatic carbocycles. The Labute approximate surface area is 139 Å². The molecular formula is C17H19N3O2S. The molecule has 1 aliphatic heterocycles. The van der Waals surface area contributed by atoms with Crippen molar-refractivity contribution in [1.29, 1.82) is 0 Å². The molecule has 2 atom stereocenters. The number of carbonyl (C=O) groups excluding carboxylic acids is 1. The summed E-state index contributed by atoms with van der Waals surface area (Å²) in [6, 6.07) is 6.04. The average Bonchev–Trinajstić information content (AvgIpc) is 3.24. The molecule has 3 heterocycles. The molecule has 0 bridgehead atoms. The zero-order chi connectivity index (χ0) is 15.6. The average molecular weight is 329 g/mol. The molecule has 1 saturated carbocycles. The standard InChI is InChI=1S/C17H19N3O2S/c21-16(20-8-9-22-15-6-3-5-14(15)20)10-12-11-23-17(19-12)13-4-1-2-7-18-13/h1-2,4,7,11,14-15H,3,5-6,8-10H2/t14-,15+/m1/s1. The summed E-state index contributed by atoms with van der Waals surface area (Å²) in [5, 5.41) is 2.84. The molecule has 2 aliphatic rings. The zero-order valence-electron chi connectivity index (χ0n) is 12.9. The van der Waals surface area contributed by atoms with Gasteiger partial charge in [0.25, 0.3) is 0 Å². The monoisotopic (exact) mass is 329 g/mol. The Kier molecular flexibility index (Phi) is 4.10. The highest BCUT2D eigenvalue weighted by Gasteiger charge is 2.38. The van der Waals surface area contributed by atoms with E-state index in [9.17, 15) is 4.79 Å². The van der Waals surface area contributed by atoms with Crippen molar-refractivity contribution in [3.8, 4) is 10.7 Å². The van der Waals surface area contributed by atoms with Gasteiger partial charge in [0.2, 0.25) is 5.91 Å². The Morgan fingerprint density at radius 3 is 3.22 bits per heavy atom. The van der Waals surface area contributed by atoms with Crippen LogP contribution in [-0.4, -0.2) is 46.1 Å². The molecule has 5 nitrogen and oxygen atoms in total. The van der Waals surface area contributed by atoms with Gasteiger partial charge in [-0.1, -0.05) is 6.07 Å². The number of pyridine rings is 1. The van der Waals surface area contributed by atoms with Crippen LogP contribution >= 0.6 is 11.3 Å². The fraction of sp³-hybridized carbons (Fsp3) is 0.471. The molecule has 2 aromatic heterocycles. The number of morpholine rings is 1. The maximum absolute atomic E-state index is 12.7. The Balaban J connectivity index is 1.46. The predicted molar refractivity (Wildman–Crippen MR) is 88.1 cm³/mol. The van der Waals surface area contributed by atoms with Crippen LogP contribution in [0.1, 0.15) is 25.0 Å². The highest BCUT2D eigenvalue weighted by Crippen LogP contribution is 2.30. The van der Waals surface area contributed by atoms with Crippen LogP contribution < -0.4 is 0 Å². The summed E-state index contributed by atoms with van der Waals surface area (Å²) in [7, 11) is 0. The van der Waals surface area contributed by atoms with Gasteiger partial charge in [-0.05, 0) is 31.4 Å². The van der Waals surface area contributed by atoms with Crippen molar-refractivity contribution >= 4 is 17.2 Å². The first-order chi connectivity index (χ1) is 11.3. The highest BCUT2D eigenvalue weighted by molar-refractivity contribution is 7.13. The lowest BCUT2D eigenvalue weighted by atomic mass is 10.1. The number of nitrogens with zero attached hydrogens (tertiary/aromatic N) is 3. The lowest BCUT2D eigenvalue weighted by Gasteiger charge is -2.37. The van der Waals surface area contributed by atoms with E-state index in [1.165, 1.54) is 0 Å². The molecule has 6 heteroatoms. The van der Waals surface area contributed by atoms with E-state index in [2.05, 4.69) is 9.97 Å². The first-order valence-corrected chi connectivity index (χ1v) is 8.96. The third-order valence-corrected chi connectivity index (χ3v) is 5.48. The number of amides is 1. The second kappa shape index (κ2) is 6.37. The molecule has 0 spiro atoms. The van der Waals surface area contributed by atoms with E-state index in [0.717, 1.165) is 35.7 Å². The van der Waals surface area contributed by atoms with Gasteiger partial charge in [-0.25, -0.2) is 4.98 Å². The molecular weight excluding hydrogens is 310 g/mol. The van der Waals surface area contributed by atoms with Crippen LogP contribution in [0.4, 0.5) is 0 Å². The molecule has 2 fully saturated rings. The van der Waals surface area contributed by atoms with Crippen molar-refractivity contribution in [3.63, 3.8) is 0 Å². The Morgan fingerprint density at radius 1 is 1.39 bits per heavy atom. The number of ether oxygens (including phenoxy) is 1. The fourth-order valence-corrected chi connectivity index (χ4v) is 4.28. The van der Waals surface area contributed by atoms with E-state index in [1.54, 1.807) is 17.5 Å². The maximum atomic E-state index is 12.7. The summed E-state index contributed by atoms with van der Waals surface area (Å²) in [5.74, 6) is 0.170. The van der Waals surface area contributed by atoms with Gasteiger partial charge in [0.05, 0.1) is 36.6 Å². The van der Waals surface area contributed by atoms with Gasteiger partial charge in [-0.2, -0.15) is 0 Å². The smallest absolute Gasteiger partial charge is 0.229 e. The van der Waals surface area contributed by atoms with E-state index >= 15 is 0 Å². The fourth-order valence-electron chi connectivity index (χ4n) is 3.49. The summed E-state index contributed by atoms with van der Waals surface area (Å²) in [6.45, 7) is 1.36. The molecule has 2 aromatic rings. The third-order valence-electron chi connectivity index (χ3n) is 4.57. The highest BCUT2D eigenvalue weighted by atomic mass is 32.1. The molecule has 23 heavy (non-hydrogen) atoms. The minimum absolute atomic E-state index is 0.170. The number of hydrogen-bond acceptors (Lipinski definition) is 5. The van der Waals surface area contributed by atoms with Crippen molar-refractivity contribution in [1.82, 2.24) is 14.9 Å². The van der Waals surface area contributed by atoms with Crippen LogP contribution in [0.2, 0.25) is 0 Å². The zero-order valence-corrected chi connectivity index (χ0v) is 13.7. The molecule has 1 saturated heterocycles. The molecule has 0 radical (unpaired) electrons. The Morgan fingerprint density at radius 2 is 2.35 bits per heavy atom. The van der Waals surface area contributed by atoms with Crippen molar-refractivity contribution in [2.24, 2.45) is 0 Å². The lowest BCUT2D eigenvalue weighted by molar-refractivity contribution is -0.143. The number of hydrogen-bond donors (Lipinski definition) is 0. The molecule has 1 aliphatic carbocycles. The van der Waals surface area contributed by atoms with E-state index in [0.29, 0.717) is 19.6 Å². The van der Waals surface area contributed by atoms with Crippen molar-refractivity contribution in [2.75, 3.05) is 13.2 Å². The van der Waals surface area contributed by atoms with Crippen LogP contribution in [0, 0.1) is 0 Å². The number of carbonyl (C=O) groups is 1. The van der Waals surface area contributed by atoms with Crippen LogP contribution in [-0.2, 0) is 16.0 Å². The summed E-state index contributed by atoms with van der Waals surface area (Å²) in [6.07, 6.45) is 5.66. The minimum Gasteiger partial charge on any atom is -0.374 e. The summed E-state index contributed by atoms with van der Waals surface area (Å²) in [4.78, 5) is 23.6. The molecule has 0 N–H and O–H groups in total. The summed E-state index contributed by atoms with van der Waals surface area (Å²) < 4.78 is 5.78. The lowest BCUT2D eigenvalue weighted by Crippen LogP contribution is -2.51. The van der Waals surface area contributed by atoms with Crippen LogP contribution in [0.15, 0.2) is 29.8 Å². The maximum Gasteiger partial charge on any atom is 0.229 e. The van der Waals surface area contributed by atoms with Gasteiger partial charge in [0, 0.05) is 18.1 Å². The summed E-state index contributed by atoms with van der Waals surface area (Å²) in [5.41, 5.74) is 1.69. The van der Waals surface area contributed by atoms with Crippen LogP contribution in [0.3, 0.4) is 0 Å². The van der Waals surface area contributed by atoms with Crippen molar-refractivity contribution in [3.05, 3.63) is 35.5 Å². The molecule has 1 amide bonds. The second-order valence-electron chi connectivity index (χ2n) is 6.03. The van der Waals surface area contributed by atoms with E-state index < -0.39 is 0 Å². The first-order valence-electron chi connectivity index (χ1n) is 8.08. The van der Waals surface area contributed by atoms with Gasteiger partial charge in [-0.3, -0.25) is 9.78 Å². The van der Waals surface area contributed by atoms with E-state index in [-0.39, 0.29) is 18.1 Å². The van der Waals surface area contributed by atoms with Gasteiger partial charge >= 0.3 is 0 Å². The normalized spacial score (nSPS) is 23.7.